The summed E-state index contributed by atoms with van der Waals surface area (Å²) in [5.41, 5.74) is 0.278. The summed E-state index contributed by atoms with van der Waals surface area (Å²) in [5, 5.41) is 15.3. The van der Waals surface area contributed by atoms with Crippen molar-refractivity contribution in [3.05, 3.63) is 114 Å². The quantitative estimate of drug-likeness (QED) is 0.501. The molecule has 5 heteroatoms. The molecule has 4 rings (SSSR count). The van der Waals surface area contributed by atoms with E-state index < -0.39 is 11.6 Å². The van der Waals surface area contributed by atoms with Gasteiger partial charge in [0.15, 0.2) is 5.76 Å². The largest absolute Gasteiger partial charge is 0.456 e. The molecule has 0 aliphatic heterocycles. The standard InChI is InChI=1S/C24H19NO4/c26-23(28-17-21-16-22(29-25-21)18-10-4-1-5-11-18)24(27,19-12-6-2-7-13-19)20-14-8-3-9-15-20/h1-16,27H,17H2. The maximum Gasteiger partial charge on any atom is 0.348 e. The SMILES string of the molecule is O=C(OCc1cc(-c2ccccc2)on1)C(O)(c1ccccc1)c1ccccc1. The predicted octanol–water partition coefficient (Wildman–Crippen LogP) is 4.32. The predicted molar refractivity (Wildman–Crippen MR) is 108 cm³/mol. The minimum Gasteiger partial charge on any atom is -0.456 e. The molecule has 144 valence electrons. The summed E-state index contributed by atoms with van der Waals surface area (Å²) in [7, 11) is 0. The number of rotatable bonds is 6. The number of aromatic nitrogens is 1. The first kappa shape index (κ1) is 18.7. The van der Waals surface area contributed by atoms with Crippen LogP contribution in [0.5, 0.6) is 0 Å². The van der Waals surface area contributed by atoms with Crippen LogP contribution in [-0.2, 0) is 21.7 Å². The number of benzene rings is 3. The van der Waals surface area contributed by atoms with Crippen LogP contribution in [0, 0.1) is 0 Å². The summed E-state index contributed by atoms with van der Waals surface area (Å²) in [6, 6.07) is 28.7. The third kappa shape index (κ3) is 3.81. The van der Waals surface area contributed by atoms with Crippen molar-refractivity contribution in [2.24, 2.45) is 0 Å². The summed E-state index contributed by atoms with van der Waals surface area (Å²) in [6.07, 6.45) is 0. The van der Waals surface area contributed by atoms with Gasteiger partial charge in [-0.05, 0) is 11.1 Å². The first-order valence-electron chi connectivity index (χ1n) is 9.19. The van der Waals surface area contributed by atoms with Gasteiger partial charge in [-0.3, -0.25) is 0 Å². The molecule has 0 radical (unpaired) electrons. The molecule has 0 fully saturated rings. The second-order valence-corrected chi connectivity index (χ2v) is 6.57. The Hall–Kier alpha value is -3.70. The third-order valence-electron chi connectivity index (χ3n) is 4.65. The van der Waals surface area contributed by atoms with Crippen LogP contribution < -0.4 is 0 Å². The summed E-state index contributed by atoms with van der Waals surface area (Å²) in [5.74, 6) is -0.197. The number of esters is 1. The van der Waals surface area contributed by atoms with E-state index in [9.17, 15) is 9.90 Å². The van der Waals surface area contributed by atoms with E-state index in [-0.39, 0.29) is 6.61 Å². The third-order valence-corrected chi connectivity index (χ3v) is 4.65. The molecular weight excluding hydrogens is 366 g/mol. The zero-order valence-electron chi connectivity index (χ0n) is 15.6. The Kier molecular flexibility index (Phi) is 5.22. The normalized spacial score (nSPS) is 11.2. The fourth-order valence-electron chi connectivity index (χ4n) is 3.12. The average molecular weight is 385 g/mol. The van der Waals surface area contributed by atoms with E-state index in [1.807, 2.05) is 42.5 Å². The Morgan fingerprint density at radius 2 is 1.38 bits per heavy atom. The Morgan fingerprint density at radius 1 is 0.862 bits per heavy atom. The second kappa shape index (κ2) is 8.12. The van der Waals surface area contributed by atoms with E-state index in [1.165, 1.54) is 0 Å². The van der Waals surface area contributed by atoms with Crippen molar-refractivity contribution < 1.29 is 19.2 Å². The van der Waals surface area contributed by atoms with Gasteiger partial charge in [0.1, 0.15) is 12.3 Å². The molecule has 0 aliphatic rings. The van der Waals surface area contributed by atoms with Crippen LogP contribution in [0.25, 0.3) is 11.3 Å². The molecule has 4 aromatic rings. The highest BCUT2D eigenvalue weighted by Crippen LogP contribution is 2.31. The van der Waals surface area contributed by atoms with Crippen molar-refractivity contribution in [3.8, 4) is 11.3 Å². The molecule has 0 unspecified atom stereocenters. The number of carbonyl (C=O) groups excluding carboxylic acids is 1. The van der Waals surface area contributed by atoms with E-state index >= 15 is 0 Å². The Labute approximate surface area is 168 Å². The molecule has 29 heavy (non-hydrogen) atoms. The number of hydrogen-bond acceptors (Lipinski definition) is 5. The highest BCUT2D eigenvalue weighted by molar-refractivity contribution is 5.85. The summed E-state index contributed by atoms with van der Waals surface area (Å²) < 4.78 is 10.8. The lowest BCUT2D eigenvalue weighted by Crippen LogP contribution is -2.38. The van der Waals surface area contributed by atoms with E-state index in [1.54, 1.807) is 54.6 Å². The van der Waals surface area contributed by atoms with Gasteiger partial charge in [-0.2, -0.15) is 0 Å². The Balaban J connectivity index is 1.56. The van der Waals surface area contributed by atoms with E-state index in [2.05, 4.69) is 5.16 Å². The lowest BCUT2D eigenvalue weighted by Gasteiger charge is -2.26. The molecular formula is C24H19NO4. The summed E-state index contributed by atoms with van der Waals surface area (Å²) in [4.78, 5) is 13.0. The van der Waals surface area contributed by atoms with Crippen LogP contribution in [-0.4, -0.2) is 16.2 Å². The molecule has 1 N–H and O–H groups in total. The minimum absolute atomic E-state index is 0.114. The fourth-order valence-corrected chi connectivity index (χ4v) is 3.12. The maximum absolute atomic E-state index is 13.0. The van der Waals surface area contributed by atoms with Crippen LogP contribution in [0.4, 0.5) is 0 Å². The van der Waals surface area contributed by atoms with E-state index in [0.29, 0.717) is 22.6 Å². The van der Waals surface area contributed by atoms with Gasteiger partial charge in [0.05, 0.1) is 0 Å². The van der Waals surface area contributed by atoms with Gasteiger partial charge in [-0.15, -0.1) is 0 Å². The van der Waals surface area contributed by atoms with E-state index in [0.717, 1.165) is 5.56 Å². The highest BCUT2D eigenvalue weighted by atomic mass is 16.6. The number of hydrogen-bond donors (Lipinski definition) is 1. The van der Waals surface area contributed by atoms with Crippen LogP contribution in [0.15, 0.2) is 102 Å². The van der Waals surface area contributed by atoms with Crippen molar-refractivity contribution in [1.82, 2.24) is 5.16 Å². The van der Waals surface area contributed by atoms with Crippen LogP contribution in [0.1, 0.15) is 16.8 Å². The zero-order valence-corrected chi connectivity index (χ0v) is 15.6. The fraction of sp³-hybridized carbons (Fsp3) is 0.0833. The highest BCUT2D eigenvalue weighted by Gasteiger charge is 2.41. The molecule has 1 aromatic heterocycles. The molecule has 0 bridgehead atoms. The van der Waals surface area contributed by atoms with Gasteiger partial charge in [0, 0.05) is 11.6 Å². The van der Waals surface area contributed by atoms with Gasteiger partial charge in [0.2, 0.25) is 5.60 Å². The monoisotopic (exact) mass is 385 g/mol. The van der Waals surface area contributed by atoms with Crippen LogP contribution in [0.2, 0.25) is 0 Å². The number of nitrogens with zero attached hydrogens (tertiary/aromatic N) is 1. The van der Waals surface area contributed by atoms with Crippen molar-refractivity contribution in [2.75, 3.05) is 0 Å². The molecule has 0 aliphatic carbocycles. The summed E-state index contributed by atoms with van der Waals surface area (Å²) in [6.45, 7) is -0.114. The van der Waals surface area contributed by atoms with Gasteiger partial charge < -0.3 is 14.4 Å². The topological polar surface area (TPSA) is 72.6 Å². The molecule has 0 amide bonds. The van der Waals surface area contributed by atoms with Gasteiger partial charge in [0.25, 0.3) is 0 Å². The lowest BCUT2D eigenvalue weighted by atomic mass is 9.86. The van der Waals surface area contributed by atoms with E-state index in [4.69, 9.17) is 9.26 Å². The molecule has 0 saturated carbocycles. The maximum atomic E-state index is 13.0. The van der Waals surface area contributed by atoms with Crippen molar-refractivity contribution in [1.29, 1.82) is 0 Å². The molecule has 5 nitrogen and oxygen atoms in total. The van der Waals surface area contributed by atoms with Gasteiger partial charge in [-0.1, -0.05) is 96.2 Å². The molecule has 0 spiro atoms. The van der Waals surface area contributed by atoms with Gasteiger partial charge in [-0.25, -0.2) is 4.79 Å². The smallest absolute Gasteiger partial charge is 0.348 e. The zero-order chi connectivity index (χ0) is 20.1. The first-order valence-corrected chi connectivity index (χ1v) is 9.19. The molecule has 0 saturated heterocycles. The van der Waals surface area contributed by atoms with Crippen molar-refractivity contribution >= 4 is 5.97 Å². The number of aliphatic hydroxyl groups is 1. The number of ether oxygens (including phenoxy) is 1. The van der Waals surface area contributed by atoms with Crippen LogP contribution in [0.3, 0.4) is 0 Å². The minimum atomic E-state index is -1.92. The Bertz CT molecular complexity index is 1040. The van der Waals surface area contributed by atoms with Gasteiger partial charge >= 0.3 is 5.97 Å². The lowest BCUT2D eigenvalue weighted by molar-refractivity contribution is -0.163. The second-order valence-electron chi connectivity index (χ2n) is 6.57. The summed E-state index contributed by atoms with van der Waals surface area (Å²) >= 11 is 0. The molecule has 3 aromatic carbocycles. The average Bonchev–Trinajstić information content (AvgIpc) is 3.28. The van der Waals surface area contributed by atoms with Crippen molar-refractivity contribution in [2.45, 2.75) is 12.2 Å². The number of carbonyl (C=O) groups is 1. The first-order chi connectivity index (χ1) is 14.2. The molecule has 1 heterocycles. The Morgan fingerprint density at radius 3 is 1.93 bits per heavy atom. The van der Waals surface area contributed by atoms with Crippen LogP contribution >= 0.6 is 0 Å². The molecule has 0 atom stereocenters. The van der Waals surface area contributed by atoms with Crippen molar-refractivity contribution in [3.63, 3.8) is 0 Å².